The number of aliphatic hydroxyl groups excluding tert-OH is 1. The average molecular weight is 184 g/mol. The first kappa shape index (κ1) is 9.00. The number of carbonyl (C=O) groups is 1. The summed E-state index contributed by atoms with van der Waals surface area (Å²) < 4.78 is 4.81. The minimum Gasteiger partial charge on any atom is -0.469 e. The number of esters is 1. The molecule has 2 rings (SSSR count). The van der Waals surface area contributed by atoms with Gasteiger partial charge in [0, 0.05) is 0 Å². The van der Waals surface area contributed by atoms with E-state index < -0.39 is 0 Å². The Morgan fingerprint density at radius 1 is 1.54 bits per heavy atom. The number of ether oxygens (including phenoxy) is 1. The van der Waals surface area contributed by atoms with Crippen molar-refractivity contribution >= 4 is 5.97 Å². The molecule has 0 saturated heterocycles. The molecule has 2 aliphatic rings. The molecule has 0 aromatic carbocycles. The summed E-state index contributed by atoms with van der Waals surface area (Å²) in [5.41, 5.74) is -0.336. The summed E-state index contributed by atoms with van der Waals surface area (Å²) in [6, 6.07) is 0. The van der Waals surface area contributed by atoms with E-state index in [0.717, 1.165) is 25.7 Å². The minimum atomic E-state index is -0.336. The zero-order chi connectivity index (χ0) is 9.47. The first-order valence-electron chi connectivity index (χ1n) is 4.93. The average Bonchev–Trinajstić information content (AvgIpc) is 2.42. The van der Waals surface area contributed by atoms with Crippen LogP contribution in [0.3, 0.4) is 0 Å². The first-order chi connectivity index (χ1) is 6.16. The number of hydrogen-bond acceptors (Lipinski definition) is 3. The van der Waals surface area contributed by atoms with Crippen molar-refractivity contribution in [1.29, 1.82) is 0 Å². The van der Waals surface area contributed by atoms with E-state index in [2.05, 4.69) is 0 Å². The van der Waals surface area contributed by atoms with Gasteiger partial charge in [0.15, 0.2) is 0 Å². The minimum absolute atomic E-state index is 0.117. The van der Waals surface area contributed by atoms with Crippen LogP contribution in [0, 0.1) is 11.3 Å². The van der Waals surface area contributed by atoms with Gasteiger partial charge in [-0.1, -0.05) is 0 Å². The van der Waals surface area contributed by atoms with Crippen molar-refractivity contribution in [2.45, 2.75) is 38.2 Å². The lowest BCUT2D eigenvalue weighted by atomic mass is 9.74. The fourth-order valence-corrected chi connectivity index (χ4v) is 3.03. The summed E-state index contributed by atoms with van der Waals surface area (Å²) in [4.78, 5) is 11.6. The molecule has 0 heterocycles. The second-order valence-electron chi connectivity index (χ2n) is 4.47. The van der Waals surface area contributed by atoms with Gasteiger partial charge in [0.05, 0.1) is 18.6 Å². The summed E-state index contributed by atoms with van der Waals surface area (Å²) >= 11 is 0. The molecule has 0 spiro atoms. The highest BCUT2D eigenvalue weighted by atomic mass is 16.5. The second-order valence-corrected chi connectivity index (χ2v) is 4.47. The van der Waals surface area contributed by atoms with Crippen molar-refractivity contribution in [3.05, 3.63) is 0 Å². The zero-order valence-electron chi connectivity index (χ0n) is 7.95. The molecule has 3 unspecified atom stereocenters. The Balaban J connectivity index is 2.18. The van der Waals surface area contributed by atoms with Crippen LogP contribution in [0.2, 0.25) is 0 Å². The lowest BCUT2D eigenvalue weighted by Crippen LogP contribution is -2.37. The Bertz CT molecular complexity index is 226. The first-order valence-corrected chi connectivity index (χ1v) is 4.93. The Labute approximate surface area is 78.1 Å². The predicted octanol–water partition coefficient (Wildman–Crippen LogP) is 1.10. The van der Waals surface area contributed by atoms with Crippen molar-refractivity contribution in [2.75, 3.05) is 7.11 Å². The molecule has 1 N–H and O–H groups in total. The van der Waals surface area contributed by atoms with Crippen LogP contribution in [0.5, 0.6) is 0 Å². The van der Waals surface area contributed by atoms with Gasteiger partial charge in [0.25, 0.3) is 0 Å². The number of rotatable bonds is 1. The van der Waals surface area contributed by atoms with E-state index in [1.54, 1.807) is 0 Å². The second kappa shape index (κ2) is 2.98. The molecule has 2 fully saturated rings. The van der Waals surface area contributed by atoms with Gasteiger partial charge in [-0.3, -0.25) is 4.79 Å². The maximum absolute atomic E-state index is 11.6. The summed E-state index contributed by atoms with van der Waals surface area (Å²) in [6.45, 7) is 0. The molecule has 0 aliphatic heterocycles. The highest BCUT2D eigenvalue weighted by Crippen LogP contribution is 2.51. The van der Waals surface area contributed by atoms with E-state index >= 15 is 0 Å². The van der Waals surface area contributed by atoms with Crippen LogP contribution in [-0.4, -0.2) is 24.3 Å². The highest BCUT2D eigenvalue weighted by Gasteiger charge is 2.50. The molecule has 13 heavy (non-hydrogen) atoms. The summed E-state index contributed by atoms with van der Waals surface area (Å²) in [6.07, 6.45) is 4.10. The van der Waals surface area contributed by atoms with Crippen LogP contribution < -0.4 is 0 Å². The Hall–Kier alpha value is -0.570. The summed E-state index contributed by atoms with van der Waals surface area (Å²) in [5.74, 6) is 0.427. The molecule has 0 radical (unpaired) electrons. The van der Waals surface area contributed by atoms with E-state index in [0.29, 0.717) is 12.3 Å². The number of fused-ring (bicyclic) bond motifs is 2. The Morgan fingerprint density at radius 3 is 3.00 bits per heavy atom. The van der Waals surface area contributed by atoms with E-state index in [9.17, 15) is 9.90 Å². The van der Waals surface area contributed by atoms with Crippen molar-refractivity contribution < 1.29 is 14.6 Å². The summed E-state index contributed by atoms with van der Waals surface area (Å²) in [5, 5.41) is 9.59. The lowest BCUT2D eigenvalue weighted by Gasteiger charge is -2.33. The van der Waals surface area contributed by atoms with Crippen LogP contribution >= 0.6 is 0 Å². The van der Waals surface area contributed by atoms with Crippen LogP contribution in [0.4, 0.5) is 0 Å². The van der Waals surface area contributed by atoms with Gasteiger partial charge in [0.1, 0.15) is 0 Å². The van der Waals surface area contributed by atoms with Gasteiger partial charge in [-0.05, 0) is 38.0 Å². The molecular formula is C10H16O3. The van der Waals surface area contributed by atoms with Crippen LogP contribution in [0.15, 0.2) is 0 Å². The third kappa shape index (κ3) is 1.35. The topological polar surface area (TPSA) is 46.5 Å². The SMILES string of the molecule is COC(=O)C12CCC(CC(O)C1)C2. The molecule has 3 atom stereocenters. The van der Waals surface area contributed by atoms with Crippen LogP contribution in [-0.2, 0) is 9.53 Å². The maximum atomic E-state index is 11.6. The fraction of sp³-hybridized carbons (Fsp3) is 0.900. The van der Waals surface area contributed by atoms with Crippen LogP contribution in [0.1, 0.15) is 32.1 Å². The van der Waals surface area contributed by atoms with Gasteiger partial charge >= 0.3 is 5.97 Å². The van der Waals surface area contributed by atoms with Gasteiger partial charge in [-0.2, -0.15) is 0 Å². The lowest BCUT2D eigenvalue weighted by molar-refractivity contribution is -0.156. The van der Waals surface area contributed by atoms with Crippen molar-refractivity contribution in [3.8, 4) is 0 Å². The standard InChI is InChI=1S/C10H16O3/c1-13-9(12)10-3-2-7(5-10)4-8(11)6-10/h7-8,11H,2-6H2,1H3. The van der Waals surface area contributed by atoms with E-state index in [1.807, 2.05) is 0 Å². The molecule has 0 aromatic heterocycles. The molecule has 3 heteroatoms. The van der Waals surface area contributed by atoms with Gasteiger partial charge in [-0.25, -0.2) is 0 Å². The van der Waals surface area contributed by atoms with Gasteiger partial charge in [-0.15, -0.1) is 0 Å². The third-order valence-electron chi connectivity index (χ3n) is 3.56. The number of aliphatic hydroxyl groups is 1. The summed E-state index contributed by atoms with van der Waals surface area (Å²) in [7, 11) is 1.44. The highest BCUT2D eigenvalue weighted by molar-refractivity contribution is 5.77. The molecule has 3 nitrogen and oxygen atoms in total. The van der Waals surface area contributed by atoms with Gasteiger partial charge in [0.2, 0.25) is 0 Å². The van der Waals surface area contributed by atoms with Crippen molar-refractivity contribution in [3.63, 3.8) is 0 Å². The number of carbonyl (C=O) groups excluding carboxylic acids is 1. The molecule has 74 valence electrons. The van der Waals surface area contributed by atoms with Crippen LogP contribution in [0.25, 0.3) is 0 Å². The Morgan fingerprint density at radius 2 is 2.31 bits per heavy atom. The van der Waals surface area contributed by atoms with E-state index in [4.69, 9.17) is 4.74 Å². The normalized spacial score (nSPS) is 43.2. The van der Waals surface area contributed by atoms with Crippen molar-refractivity contribution in [2.24, 2.45) is 11.3 Å². The molecule has 0 aromatic rings. The third-order valence-corrected chi connectivity index (χ3v) is 3.56. The molecule has 2 saturated carbocycles. The quantitative estimate of drug-likeness (QED) is 0.621. The Kier molecular flexibility index (Phi) is 2.06. The molecule has 0 amide bonds. The fourth-order valence-electron chi connectivity index (χ4n) is 3.03. The number of hydrogen-bond donors (Lipinski definition) is 1. The van der Waals surface area contributed by atoms with E-state index in [-0.39, 0.29) is 17.5 Å². The smallest absolute Gasteiger partial charge is 0.311 e. The molecular weight excluding hydrogens is 168 g/mol. The molecule has 2 bridgehead atoms. The molecule has 2 aliphatic carbocycles. The van der Waals surface area contributed by atoms with Crippen molar-refractivity contribution in [1.82, 2.24) is 0 Å². The largest absolute Gasteiger partial charge is 0.469 e. The monoisotopic (exact) mass is 184 g/mol. The number of methoxy groups -OCH3 is 1. The maximum Gasteiger partial charge on any atom is 0.311 e. The van der Waals surface area contributed by atoms with Gasteiger partial charge < -0.3 is 9.84 Å². The zero-order valence-corrected chi connectivity index (χ0v) is 7.95. The van der Waals surface area contributed by atoms with E-state index in [1.165, 1.54) is 7.11 Å². The predicted molar refractivity (Wildman–Crippen MR) is 47.0 cm³/mol.